The molecule has 1 atom stereocenters. The third-order valence-electron chi connectivity index (χ3n) is 7.46. The average molecular weight is 481 g/mol. The summed E-state index contributed by atoms with van der Waals surface area (Å²) in [5.41, 5.74) is 0. The van der Waals surface area contributed by atoms with Gasteiger partial charge in [0.25, 0.3) is 0 Å². The largest absolute Gasteiger partial charge is 0.393 e. The molecule has 34 heavy (non-hydrogen) atoms. The molecule has 0 amide bonds. The van der Waals surface area contributed by atoms with E-state index in [1.54, 1.807) is 6.92 Å². The molecule has 0 aromatic rings. The molecule has 1 unspecified atom stereocenters. The Hall–Kier alpha value is -0.370. The molecule has 0 saturated heterocycles. The van der Waals surface area contributed by atoms with Gasteiger partial charge in [-0.1, -0.05) is 161 Å². The van der Waals surface area contributed by atoms with Gasteiger partial charge in [0.1, 0.15) is 5.78 Å². The lowest BCUT2D eigenvalue weighted by Gasteiger charge is -2.10. The van der Waals surface area contributed by atoms with Gasteiger partial charge in [0.15, 0.2) is 0 Å². The first-order chi connectivity index (χ1) is 16.7. The van der Waals surface area contributed by atoms with Crippen LogP contribution in [-0.2, 0) is 4.79 Å². The summed E-state index contributed by atoms with van der Waals surface area (Å²) in [7, 11) is 0. The van der Waals surface area contributed by atoms with E-state index in [-0.39, 0.29) is 11.9 Å². The number of aliphatic hydroxyl groups is 1. The standard InChI is InChI=1S/C32H64O2/c1-3-4-5-6-7-8-9-10-11-12-13-14-15-16-17-18-19-20-21-22-23-24-25-29-32(34)30-27-26-28-31(2)33/h32,34H,3-30H2,1-2H3. The Morgan fingerprint density at radius 2 is 0.735 bits per heavy atom. The maximum Gasteiger partial charge on any atom is 0.129 e. The second-order valence-electron chi connectivity index (χ2n) is 11.2. The number of carbonyl (C=O) groups excluding carboxylic acids is 1. The van der Waals surface area contributed by atoms with Gasteiger partial charge in [0.05, 0.1) is 6.10 Å². The number of Topliss-reactive ketones (excluding diaryl/α,β-unsaturated/α-hetero) is 1. The summed E-state index contributed by atoms with van der Waals surface area (Å²) in [6.45, 7) is 3.95. The zero-order chi connectivity index (χ0) is 25.0. The summed E-state index contributed by atoms with van der Waals surface area (Å²) >= 11 is 0. The number of hydrogen-bond donors (Lipinski definition) is 1. The van der Waals surface area contributed by atoms with E-state index in [0.717, 1.165) is 32.1 Å². The van der Waals surface area contributed by atoms with E-state index in [9.17, 15) is 9.90 Å². The van der Waals surface area contributed by atoms with E-state index in [4.69, 9.17) is 0 Å². The number of aliphatic hydroxyl groups excluding tert-OH is 1. The third-order valence-corrected chi connectivity index (χ3v) is 7.46. The van der Waals surface area contributed by atoms with Crippen LogP contribution < -0.4 is 0 Å². The molecule has 1 N–H and O–H groups in total. The van der Waals surface area contributed by atoms with Crippen molar-refractivity contribution >= 4 is 5.78 Å². The molecule has 0 bridgehead atoms. The maximum atomic E-state index is 10.9. The van der Waals surface area contributed by atoms with Crippen LogP contribution in [0.5, 0.6) is 0 Å². The summed E-state index contributed by atoms with van der Waals surface area (Å²) in [5, 5.41) is 10.0. The molecule has 0 aliphatic carbocycles. The van der Waals surface area contributed by atoms with Crippen molar-refractivity contribution < 1.29 is 9.90 Å². The molecule has 0 aromatic heterocycles. The molecule has 0 spiro atoms. The molecular formula is C32H64O2. The summed E-state index contributed by atoms with van der Waals surface area (Å²) in [4.78, 5) is 10.9. The van der Waals surface area contributed by atoms with Gasteiger partial charge < -0.3 is 9.90 Å². The normalized spacial score (nSPS) is 12.3. The Morgan fingerprint density at radius 3 is 1.03 bits per heavy atom. The van der Waals surface area contributed by atoms with Crippen LogP contribution in [0.4, 0.5) is 0 Å². The lowest BCUT2D eigenvalue weighted by molar-refractivity contribution is -0.117. The Labute approximate surface area is 215 Å². The number of rotatable bonds is 29. The molecule has 0 radical (unpaired) electrons. The number of ketones is 1. The van der Waals surface area contributed by atoms with Gasteiger partial charge in [-0.2, -0.15) is 0 Å². The fourth-order valence-electron chi connectivity index (χ4n) is 5.06. The monoisotopic (exact) mass is 480 g/mol. The molecule has 0 heterocycles. The fourth-order valence-corrected chi connectivity index (χ4v) is 5.06. The van der Waals surface area contributed by atoms with Crippen molar-refractivity contribution in [2.75, 3.05) is 0 Å². The molecule has 2 nitrogen and oxygen atoms in total. The van der Waals surface area contributed by atoms with Gasteiger partial charge in [0.2, 0.25) is 0 Å². The Bertz CT molecular complexity index is 392. The summed E-state index contributed by atoms with van der Waals surface area (Å²) in [6.07, 6.45) is 36.9. The first-order valence-electron chi connectivity index (χ1n) is 15.8. The van der Waals surface area contributed by atoms with Crippen LogP contribution in [0.3, 0.4) is 0 Å². The van der Waals surface area contributed by atoms with E-state index < -0.39 is 0 Å². The highest BCUT2D eigenvalue weighted by atomic mass is 16.3. The zero-order valence-electron chi connectivity index (χ0n) is 23.7. The highest BCUT2D eigenvalue weighted by molar-refractivity contribution is 5.75. The van der Waals surface area contributed by atoms with Crippen molar-refractivity contribution in [3.63, 3.8) is 0 Å². The van der Waals surface area contributed by atoms with Crippen LogP contribution in [0.1, 0.15) is 194 Å². The van der Waals surface area contributed by atoms with Gasteiger partial charge in [-0.05, 0) is 26.2 Å². The zero-order valence-corrected chi connectivity index (χ0v) is 23.7. The van der Waals surface area contributed by atoms with Crippen molar-refractivity contribution in [1.29, 1.82) is 0 Å². The van der Waals surface area contributed by atoms with E-state index in [1.807, 2.05) is 0 Å². The summed E-state index contributed by atoms with van der Waals surface area (Å²) in [6, 6.07) is 0. The topological polar surface area (TPSA) is 37.3 Å². The molecule has 0 aliphatic heterocycles. The predicted molar refractivity (Wildman–Crippen MR) is 152 cm³/mol. The van der Waals surface area contributed by atoms with Gasteiger partial charge in [-0.3, -0.25) is 0 Å². The van der Waals surface area contributed by atoms with Crippen LogP contribution in [0.25, 0.3) is 0 Å². The highest BCUT2D eigenvalue weighted by Gasteiger charge is 2.04. The number of carbonyl (C=O) groups is 1. The van der Waals surface area contributed by atoms with Gasteiger partial charge in [0, 0.05) is 6.42 Å². The number of unbranched alkanes of at least 4 members (excludes halogenated alkanes) is 23. The van der Waals surface area contributed by atoms with E-state index in [1.165, 1.54) is 141 Å². The smallest absolute Gasteiger partial charge is 0.129 e. The Morgan fingerprint density at radius 1 is 0.471 bits per heavy atom. The second-order valence-corrected chi connectivity index (χ2v) is 11.2. The lowest BCUT2D eigenvalue weighted by atomic mass is 10.0. The van der Waals surface area contributed by atoms with Crippen LogP contribution in [0.15, 0.2) is 0 Å². The summed E-state index contributed by atoms with van der Waals surface area (Å²) in [5.74, 6) is 0.268. The minimum atomic E-state index is -0.151. The van der Waals surface area contributed by atoms with Gasteiger partial charge in [-0.25, -0.2) is 0 Å². The van der Waals surface area contributed by atoms with Gasteiger partial charge >= 0.3 is 0 Å². The molecule has 2 heteroatoms. The fraction of sp³-hybridized carbons (Fsp3) is 0.969. The molecular weight excluding hydrogens is 416 g/mol. The number of hydrogen-bond acceptors (Lipinski definition) is 2. The first kappa shape index (κ1) is 33.6. The Balaban J connectivity index is 3.09. The van der Waals surface area contributed by atoms with Crippen LogP contribution in [0, 0.1) is 0 Å². The molecule has 0 fully saturated rings. The minimum absolute atomic E-state index is 0.151. The second kappa shape index (κ2) is 28.9. The van der Waals surface area contributed by atoms with Crippen molar-refractivity contribution in [1.82, 2.24) is 0 Å². The van der Waals surface area contributed by atoms with Crippen molar-refractivity contribution in [3.05, 3.63) is 0 Å². The van der Waals surface area contributed by atoms with Crippen LogP contribution in [0.2, 0.25) is 0 Å². The first-order valence-corrected chi connectivity index (χ1v) is 15.8. The van der Waals surface area contributed by atoms with Crippen molar-refractivity contribution in [2.24, 2.45) is 0 Å². The highest BCUT2D eigenvalue weighted by Crippen LogP contribution is 2.16. The lowest BCUT2D eigenvalue weighted by Crippen LogP contribution is -2.06. The van der Waals surface area contributed by atoms with E-state index >= 15 is 0 Å². The van der Waals surface area contributed by atoms with E-state index in [2.05, 4.69) is 6.92 Å². The van der Waals surface area contributed by atoms with Crippen molar-refractivity contribution in [2.45, 2.75) is 200 Å². The van der Waals surface area contributed by atoms with Crippen LogP contribution in [-0.4, -0.2) is 17.0 Å². The molecule has 0 saturated carbocycles. The summed E-state index contributed by atoms with van der Waals surface area (Å²) < 4.78 is 0. The predicted octanol–water partition coefficient (Wildman–Crippen LogP) is 10.9. The third kappa shape index (κ3) is 29.7. The molecule has 0 rings (SSSR count). The average Bonchev–Trinajstić information content (AvgIpc) is 2.82. The minimum Gasteiger partial charge on any atom is -0.393 e. The van der Waals surface area contributed by atoms with Crippen molar-refractivity contribution in [3.8, 4) is 0 Å². The SMILES string of the molecule is CCCCCCCCCCCCCCCCCCCCCCCCCC(O)CCCCC(C)=O. The quantitative estimate of drug-likeness (QED) is 0.108. The van der Waals surface area contributed by atoms with E-state index in [0.29, 0.717) is 6.42 Å². The maximum absolute atomic E-state index is 10.9. The van der Waals surface area contributed by atoms with Crippen LogP contribution >= 0.6 is 0 Å². The Kier molecular flexibility index (Phi) is 28.6. The van der Waals surface area contributed by atoms with Gasteiger partial charge in [-0.15, -0.1) is 0 Å². The molecule has 0 aliphatic rings. The molecule has 0 aromatic carbocycles. The molecule has 204 valence electrons.